The van der Waals surface area contributed by atoms with E-state index in [-0.39, 0.29) is 19.1 Å². The molecule has 0 aliphatic heterocycles. The molecule has 5 nitrogen and oxygen atoms in total. The molecule has 0 aromatic carbocycles. The standard InChI is InChI=1S/C14H23NO4/c1-5-6-10-18-13(17)11-15-9-7-8-12(16)19-14(2,3)4/h15H,5-6,9-11H2,1-4H3. The maximum atomic E-state index is 11.2. The lowest BCUT2D eigenvalue weighted by molar-refractivity contribution is -0.147. The molecule has 0 unspecified atom stereocenters. The summed E-state index contributed by atoms with van der Waals surface area (Å²) in [6.45, 7) is 8.12. The Morgan fingerprint density at radius 2 is 1.95 bits per heavy atom. The highest BCUT2D eigenvalue weighted by Gasteiger charge is 2.13. The molecule has 0 aromatic heterocycles. The van der Waals surface area contributed by atoms with Crippen molar-refractivity contribution in [2.75, 3.05) is 19.7 Å². The van der Waals surface area contributed by atoms with E-state index in [0.717, 1.165) is 12.8 Å². The van der Waals surface area contributed by atoms with Crippen molar-refractivity contribution in [3.05, 3.63) is 0 Å². The van der Waals surface area contributed by atoms with Crippen LogP contribution in [-0.2, 0) is 19.1 Å². The molecule has 1 N–H and O–H groups in total. The lowest BCUT2D eigenvalue weighted by Gasteiger charge is -2.16. The van der Waals surface area contributed by atoms with Crippen molar-refractivity contribution in [1.82, 2.24) is 5.32 Å². The third-order valence-electron chi connectivity index (χ3n) is 1.83. The Morgan fingerprint density at radius 3 is 2.53 bits per heavy atom. The smallest absolute Gasteiger partial charge is 0.384 e. The number of nitrogens with one attached hydrogen (secondary N) is 1. The Hall–Kier alpha value is -1.54. The van der Waals surface area contributed by atoms with Gasteiger partial charge in [0.1, 0.15) is 5.60 Å². The highest BCUT2D eigenvalue weighted by atomic mass is 16.6. The van der Waals surface area contributed by atoms with Crippen LogP contribution in [0.4, 0.5) is 0 Å². The molecule has 19 heavy (non-hydrogen) atoms. The van der Waals surface area contributed by atoms with Gasteiger partial charge < -0.3 is 9.47 Å². The van der Waals surface area contributed by atoms with Crippen molar-refractivity contribution < 1.29 is 19.1 Å². The van der Waals surface area contributed by atoms with E-state index in [4.69, 9.17) is 9.47 Å². The summed E-state index contributed by atoms with van der Waals surface area (Å²) in [5.41, 5.74) is -0.539. The van der Waals surface area contributed by atoms with Crippen molar-refractivity contribution in [3.63, 3.8) is 0 Å². The van der Waals surface area contributed by atoms with E-state index in [0.29, 0.717) is 6.61 Å². The van der Waals surface area contributed by atoms with Crippen molar-refractivity contribution in [1.29, 1.82) is 0 Å². The molecule has 0 aliphatic rings. The fourth-order valence-electron chi connectivity index (χ4n) is 1.03. The van der Waals surface area contributed by atoms with Gasteiger partial charge in [-0.15, -0.1) is 0 Å². The second kappa shape index (κ2) is 9.40. The van der Waals surface area contributed by atoms with Gasteiger partial charge in [0.2, 0.25) is 0 Å². The summed E-state index contributed by atoms with van der Waals surface area (Å²) in [4.78, 5) is 22.4. The molecular formula is C14H23NO4. The zero-order valence-electron chi connectivity index (χ0n) is 12.2. The third kappa shape index (κ3) is 12.7. The molecule has 0 amide bonds. The minimum absolute atomic E-state index is 0.0900. The molecule has 5 heteroatoms. The molecule has 0 heterocycles. The third-order valence-corrected chi connectivity index (χ3v) is 1.83. The van der Waals surface area contributed by atoms with Crippen LogP contribution in [-0.4, -0.2) is 37.2 Å². The molecule has 0 radical (unpaired) electrons. The Labute approximate surface area is 115 Å². The molecule has 0 rings (SSSR count). The monoisotopic (exact) mass is 269 g/mol. The van der Waals surface area contributed by atoms with Crippen LogP contribution in [0.25, 0.3) is 0 Å². The Kier molecular flexibility index (Phi) is 8.64. The lowest BCUT2D eigenvalue weighted by atomic mass is 10.2. The van der Waals surface area contributed by atoms with E-state index in [1.165, 1.54) is 0 Å². The van der Waals surface area contributed by atoms with Crippen LogP contribution in [0.2, 0.25) is 0 Å². The van der Waals surface area contributed by atoms with Gasteiger partial charge in [-0.25, -0.2) is 4.79 Å². The van der Waals surface area contributed by atoms with E-state index in [1.807, 2.05) is 6.92 Å². The molecule has 0 aromatic rings. The topological polar surface area (TPSA) is 64.6 Å². The minimum atomic E-state index is -0.570. The van der Waals surface area contributed by atoms with Crippen LogP contribution >= 0.6 is 0 Å². The fraction of sp³-hybridized carbons (Fsp3) is 0.714. The Morgan fingerprint density at radius 1 is 1.26 bits per heavy atom. The van der Waals surface area contributed by atoms with Crippen molar-refractivity contribution >= 4 is 11.9 Å². The number of ether oxygens (including phenoxy) is 2. The average Bonchev–Trinajstić information content (AvgIpc) is 2.26. The summed E-state index contributed by atoms with van der Waals surface area (Å²) < 4.78 is 9.93. The molecular weight excluding hydrogens is 246 g/mol. The van der Waals surface area contributed by atoms with E-state index >= 15 is 0 Å². The van der Waals surface area contributed by atoms with E-state index < -0.39 is 11.6 Å². The number of unbranched alkanes of at least 4 members (excludes halogenated alkanes) is 1. The van der Waals surface area contributed by atoms with Crippen LogP contribution in [0, 0.1) is 11.8 Å². The minimum Gasteiger partial charge on any atom is -0.465 e. The first-order chi connectivity index (χ1) is 8.85. The van der Waals surface area contributed by atoms with Gasteiger partial charge in [-0.3, -0.25) is 10.1 Å². The number of carbonyl (C=O) groups excluding carboxylic acids is 2. The van der Waals surface area contributed by atoms with Crippen molar-refractivity contribution in [2.24, 2.45) is 0 Å². The maximum absolute atomic E-state index is 11.2. The molecule has 0 saturated carbocycles. The second-order valence-electron chi connectivity index (χ2n) is 4.98. The van der Waals surface area contributed by atoms with Gasteiger partial charge in [-0.1, -0.05) is 19.3 Å². The van der Waals surface area contributed by atoms with Gasteiger partial charge >= 0.3 is 11.9 Å². The molecule has 0 saturated heterocycles. The summed E-state index contributed by atoms with van der Waals surface area (Å²) >= 11 is 0. The largest absolute Gasteiger partial charge is 0.465 e. The average molecular weight is 269 g/mol. The van der Waals surface area contributed by atoms with Crippen LogP contribution in [0.1, 0.15) is 40.5 Å². The summed E-state index contributed by atoms with van der Waals surface area (Å²) in [6, 6.07) is 0. The first-order valence-corrected chi connectivity index (χ1v) is 6.43. The molecule has 0 spiro atoms. The summed E-state index contributed by atoms with van der Waals surface area (Å²) in [6.07, 6.45) is 1.85. The quantitative estimate of drug-likeness (QED) is 0.340. The zero-order valence-corrected chi connectivity index (χ0v) is 12.2. The molecule has 0 bridgehead atoms. The van der Waals surface area contributed by atoms with Crippen LogP contribution in [0.3, 0.4) is 0 Å². The summed E-state index contributed by atoms with van der Waals surface area (Å²) in [7, 11) is 0. The van der Waals surface area contributed by atoms with Crippen LogP contribution in [0.5, 0.6) is 0 Å². The summed E-state index contributed by atoms with van der Waals surface area (Å²) in [5.74, 6) is 4.04. The van der Waals surface area contributed by atoms with Crippen molar-refractivity contribution in [3.8, 4) is 11.8 Å². The number of rotatable bonds is 6. The van der Waals surface area contributed by atoms with Gasteiger partial charge in [-0.05, 0) is 27.2 Å². The number of esters is 2. The SMILES string of the molecule is CCCCOC(=O)CNCC#CC(=O)OC(C)(C)C. The van der Waals surface area contributed by atoms with E-state index in [2.05, 4.69) is 17.2 Å². The number of hydrogen-bond donors (Lipinski definition) is 1. The second-order valence-corrected chi connectivity index (χ2v) is 4.98. The molecule has 0 fully saturated rings. The van der Waals surface area contributed by atoms with Crippen LogP contribution in [0.15, 0.2) is 0 Å². The van der Waals surface area contributed by atoms with Gasteiger partial charge in [0.05, 0.1) is 19.7 Å². The van der Waals surface area contributed by atoms with Gasteiger partial charge in [0, 0.05) is 5.92 Å². The highest BCUT2D eigenvalue weighted by molar-refractivity contribution is 5.88. The Bertz CT molecular complexity index is 347. The van der Waals surface area contributed by atoms with Gasteiger partial charge in [0.15, 0.2) is 0 Å². The number of carbonyl (C=O) groups is 2. The highest BCUT2D eigenvalue weighted by Crippen LogP contribution is 2.05. The predicted molar refractivity (Wildman–Crippen MR) is 72.4 cm³/mol. The maximum Gasteiger partial charge on any atom is 0.384 e. The number of hydrogen-bond acceptors (Lipinski definition) is 5. The van der Waals surface area contributed by atoms with E-state index in [9.17, 15) is 9.59 Å². The normalized spacial score (nSPS) is 10.3. The van der Waals surface area contributed by atoms with Gasteiger partial charge in [-0.2, -0.15) is 0 Å². The molecule has 0 aliphatic carbocycles. The first-order valence-electron chi connectivity index (χ1n) is 6.43. The lowest BCUT2D eigenvalue weighted by Crippen LogP contribution is -2.26. The first kappa shape index (κ1) is 17.5. The predicted octanol–water partition coefficient (Wildman–Crippen LogP) is 1.26. The van der Waals surface area contributed by atoms with Crippen LogP contribution < -0.4 is 5.32 Å². The van der Waals surface area contributed by atoms with E-state index in [1.54, 1.807) is 20.8 Å². The summed E-state index contributed by atoms with van der Waals surface area (Å²) in [5, 5.41) is 2.77. The van der Waals surface area contributed by atoms with Gasteiger partial charge in [0.25, 0.3) is 0 Å². The molecule has 108 valence electrons. The zero-order chi connectivity index (χ0) is 14.7. The van der Waals surface area contributed by atoms with Crippen molar-refractivity contribution in [2.45, 2.75) is 46.1 Å². The Balaban J connectivity index is 3.69. The fourth-order valence-corrected chi connectivity index (χ4v) is 1.03. The molecule has 0 atom stereocenters.